The van der Waals surface area contributed by atoms with Gasteiger partial charge in [0, 0.05) is 6.04 Å². The van der Waals surface area contributed by atoms with Crippen LogP contribution in [0.3, 0.4) is 0 Å². The number of halogens is 2. The van der Waals surface area contributed by atoms with Crippen LogP contribution >= 0.6 is 23.2 Å². The molecule has 38 heavy (non-hydrogen) atoms. The molecule has 1 aliphatic heterocycles. The van der Waals surface area contributed by atoms with Gasteiger partial charge in [-0.2, -0.15) is 0 Å². The number of fused-ring (bicyclic) bond motifs is 1. The van der Waals surface area contributed by atoms with Crippen LogP contribution in [0.4, 0.5) is 5.69 Å². The highest BCUT2D eigenvalue weighted by molar-refractivity contribution is 7.92. The van der Waals surface area contributed by atoms with Gasteiger partial charge in [-0.15, -0.1) is 0 Å². The summed E-state index contributed by atoms with van der Waals surface area (Å²) in [6, 6.07) is 19.2. The zero-order valence-corrected chi connectivity index (χ0v) is 22.6. The molecule has 12 heteroatoms. The van der Waals surface area contributed by atoms with Crippen molar-refractivity contribution in [2.45, 2.75) is 25.5 Å². The maximum atomic E-state index is 12.0. The van der Waals surface area contributed by atoms with Crippen molar-refractivity contribution in [1.29, 1.82) is 0 Å². The lowest BCUT2D eigenvalue weighted by molar-refractivity contribution is -0.159. The number of carboxylic acid groups (broad SMARTS) is 2. The minimum Gasteiger partial charge on any atom is -0.487 e. The fourth-order valence-corrected chi connectivity index (χ4v) is 4.77. The number of anilines is 1. The zero-order chi connectivity index (χ0) is 27.9. The van der Waals surface area contributed by atoms with Crippen LogP contribution in [0, 0.1) is 0 Å². The summed E-state index contributed by atoms with van der Waals surface area (Å²) in [6.45, 7) is 1.17. The van der Waals surface area contributed by atoms with Crippen LogP contribution in [-0.4, -0.2) is 43.4 Å². The number of rotatable bonds is 7. The summed E-state index contributed by atoms with van der Waals surface area (Å²) in [5, 5.41) is 19.4. The Bertz CT molecular complexity index is 1400. The Hall–Kier alpha value is -3.31. The average Bonchev–Trinajstić information content (AvgIpc) is 2.85. The van der Waals surface area contributed by atoms with Gasteiger partial charge in [-0.25, -0.2) is 18.0 Å². The Balaban J connectivity index is 0.000000599. The van der Waals surface area contributed by atoms with E-state index in [1.165, 1.54) is 0 Å². The van der Waals surface area contributed by atoms with Gasteiger partial charge in [0.2, 0.25) is 10.0 Å². The number of hydrogen-bond acceptors (Lipinski definition) is 6. The van der Waals surface area contributed by atoms with Crippen molar-refractivity contribution < 1.29 is 33.0 Å². The fraction of sp³-hybridized carbons (Fsp3) is 0.231. The molecule has 0 fully saturated rings. The molecule has 0 aliphatic carbocycles. The van der Waals surface area contributed by atoms with E-state index in [0.29, 0.717) is 34.5 Å². The van der Waals surface area contributed by atoms with Crippen LogP contribution in [0.25, 0.3) is 0 Å². The molecule has 0 saturated carbocycles. The second kappa shape index (κ2) is 13.0. The summed E-state index contributed by atoms with van der Waals surface area (Å²) in [4.78, 5) is 18.2. The molecular formula is C26H26Cl2N2O7S. The molecule has 1 aliphatic rings. The molecule has 0 spiro atoms. The van der Waals surface area contributed by atoms with Gasteiger partial charge >= 0.3 is 11.9 Å². The summed E-state index contributed by atoms with van der Waals surface area (Å²) in [6.07, 6.45) is 2.67. The average molecular weight is 581 g/mol. The number of aliphatic carboxylic acids is 2. The minimum absolute atomic E-state index is 0.0132. The van der Waals surface area contributed by atoms with E-state index in [1.54, 1.807) is 6.07 Å². The molecular weight excluding hydrogens is 555 g/mol. The second-order valence-electron chi connectivity index (χ2n) is 8.52. The highest BCUT2D eigenvalue weighted by Crippen LogP contribution is 2.36. The van der Waals surface area contributed by atoms with Gasteiger partial charge in [0.15, 0.2) is 0 Å². The first kappa shape index (κ1) is 29.2. The van der Waals surface area contributed by atoms with E-state index in [4.69, 9.17) is 47.7 Å². The molecule has 0 bridgehead atoms. The number of carbonyl (C=O) groups is 2. The number of benzene rings is 3. The molecule has 4 N–H and O–H groups in total. The smallest absolute Gasteiger partial charge is 0.414 e. The normalized spacial score (nSPS) is 14.4. The Kier molecular flexibility index (Phi) is 9.98. The maximum Gasteiger partial charge on any atom is 0.414 e. The van der Waals surface area contributed by atoms with Crippen molar-refractivity contribution in [2.75, 3.05) is 17.5 Å². The predicted molar refractivity (Wildman–Crippen MR) is 146 cm³/mol. The number of carboxylic acids is 2. The van der Waals surface area contributed by atoms with Crippen molar-refractivity contribution in [2.24, 2.45) is 0 Å². The third-order valence-electron chi connectivity index (χ3n) is 5.54. The van der Waals surface area contributed by atoms with Crippen LogP contribution in [0.1, 0.15) is 28.3 Å². The fourth-order valence-electron chi connectivity index (χ4n) is 3.89. The predicted octanol–water partition coefficient (Wildman–Crippen LogP) is 4.53. The lowest BCUT2D eigenvalue weighted by atomic mass is 9.89. The molecule has 4 rings (SSSR count). The first-order valence-electron chi connectivity index (χ1n) is 11.4. The van der Waals surface area contributed by atoms with E-state index in [2.05, 4.69) is 10.0 Å². The lowest BCUT2D eigenvalue weighted by Gasteiger charge is -2.29. The molecule has 9 nitrogen and oxygen atoms in total. The summed E-state index contributed by atoms with van der Waals surface area (Å²) in [5.41, 5.74) is 4.67. The molecule has 0 aromatic heterocycles. The van der Waals surface area contributed by atoms with Crippen molar-refractivity contribution in [3.8, 4) is 5.75 Å². The number of nitrogens with one attached hydrogen (secondary N) is 2. The van der Waals surface area contributed by atoms with Crippen LogP contribution in [0.5, 0.6) is 5.75 Å². The molecule has 202 valence electrons. The molecule has 1 unspecified atom stereocenters. The minimum atomic E-state index is -3.48. The zero-order valence-electron chi connectivity index (χ0n) is 20.3. The third-order valence-corrected chi connectivity index (χ3v) is 6.87. The van der Waals surface area contributed by atoms with Crippen molar-refractivity contribution in [1.82, 2.24) is 5.32 Å². The van der Waals surface area contributed by atoms with E-state index in [0.717, 1.165) is 41.5 Å². The highest BCUT2D eigenvalue weighted by Gasteiger charge is 2.24. The number of hydrogen-bond donors (Lipinski definition) is 4. The highest BCUT2D eigenvalue weighted by atomic mass is 35.5. The Morgan fingerprint density at radius 3 is 2.29 bits per heavy atom. The molecule has 1 atom stereocenters. The molecule has 3 aromatic carbocycles. The Labute approximate surface area is 230 Å². The molecule has 0 saturated heterocycles. The SMILES string of the molecule is CS(=O)(=O)Nc1cc2c(cc1OCc1ccccc1)CCNC2Cc1ccc(Cl)c(Cl)c1.O=C(O)C(=O)O. The monoisotopic (exact) mass is 580 g/mol. The van der Waals surface area contributed by atoms with Gasteiger partial charge < -0.3 is 20.3 Å². The Morgan fingerprint density at radius 2 is 1.68 bits per heavy atom. The first-order valence-corrected chi connectivity index (χ1v) is 14.0. The summed E-state index contributed by atoms with van der Waals surface area (Å²) in [5.74, 6) is -3.13. The van der Waals surface area contributed by atoms with Crippen molar-refractivity contribution in [3.63, 3.8) is 0 Å². The van der Waals surface area contributed by atoms with Gasteiger partial charge in [-0.05, 0) is 65.9 Å². The summed E-state index contributed by atoms with van der Waals surface area (Å²) in [7, 11) is -3.48. The molecule has 0 amide bonds. The van der Waals surface area contributed by atoms with Crippen LogP contribution < -0.4 is 14.8 Å². The van der Waals surface area contributed by atoms with Crippen molar-refractivity contribution in [3.05, 3.63) is 93.0 Å². The van der Waals surface area contributed by atoms with Gasteiger partial charge in [-0.1, -0.05) is 59.6 Å². The molecule has 1 heterocycles. The van der Waals surface area contributed by atoms with E-state index >= 15 is 0 Å². The largest absolute Gasteiger partial charge is 0.487 e. The molecule has 3 aromatic rings. The summed E-state index contributed by atoms with van der Waals surface area (Å²) < 4.78 is 32.7. The van der Waals surface area contributed by atoms with Crippen molar-refractivity contribution >= 4 is 50.9 Å². The second-order valence-corrected chi connectivity index (χ2v) is 11.1. The van der Waals surface area contributed by atoms with Gasteiger partial charge in [-0.3, -0.25) is 4.72 Å². The van der Waals surface area contributed by atoms with Gasteiger partial charge in [0.05, 0.1) is 22.0 Å². The van der Waals surface area contributed by atoms with Gasteiger partial charge in [0.25, 0.3) is 0 Å². The maximum absolute atomic E-state index is 12.0. The first-order chi connectivity index (χ1) is 17.9. The van der Waals surface area contributed by atoms with Crippen LogP contribution in [0.2, 0.25) is 10.0 Å². The van der Waals surface area contributed by atoms with E-state index in [1.807, 2.05) is 54.6 Å². The number of sulfonamides is 1. The van der Waals surface area contributed by atoms with Gasteiger partial charge in [0.1, 0.15) is 12.4 Å². The summed E-state index contributed by atoms with van der Waals surface area (Å²) >= 11 is 12.2. The molecule has 0 radical (unpaired) electrons. The van der Waals surface area contributed by atoms with E-state index < -0.39 is 22.0 Å². The topological polar surface area (TPSA) is 142 Å². The number of ether oxygens (including phenoxy) is 1. The lowest BCUT2D eigenvalue weighted by Crippen LogP contribution is -2.31. The third kappa shape index (κ3) is 8.63. The van der Waals surface area contributed by atoms with Crippen LogP contribution in [-0.2, 0) is 39.1 Å². The Morgan fingerprint density at radius 1 is 1.00 bits per heavy atom. The van der Waals surface area contributed by atoms with E-state index in [9.17, 15) is 8.42 Å². The standard InChI is InChI=1S/C24H24Cl2N2O3S.C2H2O4/c1-32(29,30)28-23-14-19-18(13-24(23)31-15-16-5-3-2-4-6-16)9-10-27-22(19)12-17-7-8-20(25)21(26)11-17;3-1(4)2(5)6/h2-8,11,13-14,22,27-28H,9-10,12,15H2,1H3;(H,3,4)(H,5,6). The van der Waals surface area contributed by atoms with E-state index in [-0.39, 0.29) is 6.04 Å². The van der Waals surface area contributed by atoms with Crippen LogP contribution in [0.15, 0.2) is 60.7 Å². The quantitative estimate of drug-likeness (QED) is 0.298.